The first-order valence-corrected chi connectivity index (χ1v) is 27.2. The van der Waals surface area contributed by atoms with Gasteiger partial charge in [0.15, 0.2) is 0 Å². The Morgan fingerprint density at radius 2 is 0.925 bits per heavy atom. The lowest BCUT2D eigenvalue weighted by atomic mass is 10.1. The van der Waals surface area contributed by atoms with Gasteiger partial charge in [0.1, 0.15) is 13.2 Å². The summed E-state index contributed by atoms with van der Waals surface area (Å²) in [5, 5.41) is 13.7. The summed E-state index contributed by atoms with van der Waals surface area (Å²) in [6, 6.07) is -0.937. The van der Waals surface area contributed by atoms with E-state index in [1.54, 1.807) is 6.08 Å². The van der Waals surface area contributed by atoms with Crippen molar-refractivity contribution in [3.05, 3.63) is 146 Å². The van der Waals surface area contributed by atoms with E-state index in [0.29, 0.717) is 17.4 Å². The number of nitrogens with zero attached hydrogens (tertiary/aromatic N) is 1. The number of hydrogen-bond acceptors (Lipinski definition) is 6. The fraction of sp³-hybridized carbons (Fsp3) is 0.569. The van der Waals surface area contributed by atoms with Gasteiger partial charge in [0.25, 0.3) is 7.82 Å². The number of carbonyl (C=O) groups excluding carboxylic acids is 1. The molecule has 1 amide bonds. The Labute approximate surface area is 410 Å². The number of quaternary nitrogens is 1. The number of nitrogens with one attached hydrogen (secondary N) is 1. The maximum Gasteiger partial charge on any atom is 0.268 e. The van der Waals surface area contributed by atoms with Gasteiger partial charge in [0.05, 0.1) is 39.9 Å². The first kappa shape index (κ1) is 63.4. The van der Waals surface area contributed by atoms with Crippen LogP contribution in [0.25, 0.3) is 0 Å². The lowest BCUT2D eigenvalue weighted by molar-refractivity contribution is -0.870. The number of likely N-dealkylation sites (N-methyl/N-ethyl adjacent to an activating group) is 1. The number of amides is 1. The number of aliphatic hydroxyl groups excluding tert-OH is 1. The van der Waals surface area contributed by atoms with Crippen LogP contribution in [-0.4, -0.2) is 68.5 Å². The summed E-state index contributed by atoms with van der Waals surface area (Å²) in [5.74, 6) is -0.259. The molecular weight excluding hydrogens is 852 g/mol. The quantitative estimate of drug-likeness (QED) is 0.0273. The zero-order chi connectivity index (χ0) is 49.2. The summed E-state index contributed by atoms with van der Waals surface area (Å²) in [5.41, 5.74) is 0. The molecule has 3 atom stereocenters. The summed E-state index contributed by atoms with van der Waals surface area (Å²) >= 11 is 0. The maximum absolute atomic E-state index is 12.9. The molecule has 9 heteroatoms. The Morgan fingerprint density at radius 1 is 0.537 bits per heavy atom. The molecule has 0 aliphatic heterocycles. The standard InChI is InChI=1S/C58H95N2O6P/c1-6-8-10-12-14-16-18-20-21-22-23-24-25-26-27-28-29-30-31-32-33-34-35-36-37-38-39-40-42-44-46-48-50-52-58(62)59-56(55-66-67(63,64)65-54-53-60(3,4)5)57(61)51-49-47-45-43-41-19-17-15-13-11-9-7-2/h8,10,14,16,20-21,23-24,26-27,29-30,32-33,35-36,38-39,41-44,49,51,56-57,61H,6-7,9,11-13,15,17-19,22,25,28,31,34,37,40,45-48,50,52-55H2,1-5H3,(H-,59,62,63,64)/b10-8-,16-14-,21-20-,24-23-,27-26-,30-29-,33-32-,36-35-,39-38-,43-41+,44-42-,51-49+. The Hall–Kier alpha value is -3.62. The molecule has 0 aromatic carbocycles. The van der Waals surface area contributed by atoms with Crippen molar-refractivity contribution in [2.45, 2.75) is 174 Å². The van der Waals surface area contributed by atoms with Crippen LogP contribution in [-0.2, 0) is 18.4 Å². The molecule has 0 aromatic heterocycles. The molecule has 0 saturated carbocycles. The van der Waals surface area contributed by atoms with Gasteiger partial charge in [-0.2, -0.15) is 0 Å². The number of phosphoric acid groups is 1. The van der Waals surface area contributed by atoms with E-state index in [0.717, 1.165) is 96.3 Å². The van der Waals surface area contributed by atoms with Crippen molar-refractivity contribution >= 4 is 13.7 Å². The van der Waals surface area contributed by atoms with Crippen LogP contribution in [0.2, 0.25) is 0 Å². The molecule has 3 unspecified atom stereocenters. The third kappa shape index (κ3) is 50.1. The fourth-order valence-corrected chi connectivity index (χ4v) is 6.97. The van der Waals surface area contributed by atoms with Crippen molar-refractivity contribution in [2.75, 3.05) is 40.9 Å². The van der Waals surface area contributed by atoms with Crippen molar-refractivity contribution in [2.24, 2.45) is 0 Å². The SMILES string of the molecule is CC/C=C\C/C=C\C/C=C\C/C=C\C/C=C\C/C=C\C/C=C\C/C=C\C/C=C\C/C=C\CCCCC(=O)NC(COP(=O)([O-])OCC[N+](C)(C)C)C(O)/C=C/CC/C=C/CCCCCCCC. The highest BCUT2D eigenvalue weighted by Crippen LogP contribution is 2.38. The summed E-state index contributed by atoms with van der Waals surface area (Å²) in [6.07, 6.45) is 73.5. The highest BCUT2D eigenvalue weighted by molar-refractivity contribution is 7.45. The van der Waals surface area contributed by atoms with E-state index in [4.69, 9.17) is 9.05 Å². The van der Waals surface area contributed by atoms with Crippen LogP contribution in [0.4, 0.5) is 0 Å². The predicted octanol–water partition coefficient (Wildman–Crippen LogP) is 14.7. The molecule has 0 aliphatic rings. The van der Waals surface area contributed by atoms with Crippen molar-refractivity contribution in [1.82, 2.24) is 5.32 Å². The second kappa shape index (κ2) is 47.4. The Bertz CT molecular complexity index is 1590. The van der Waals surface area contributed by atoms with Crippen LogP contribution < -0.4 is 10.2 Å². The first-order chi connectivity index (χ1) is 32.5. The number of hydrogen-bond donors (Lipinski definition) is 2. The molecular formula is C58H95N2O6P. The van der Waals surface area contributed by atoms with Gasteiger partial charge in [0, 0.05) is 6.42 Å². The van der Waals surface area contributed by atoms with Crippen LogP contribution in [0.3, 0.4) is 0 Å². The molecule has 0 saturated heterocycles. The summed E-state index contributed by atoms with van der Waals surface area (Å²) < 4.78 is 23.2. The van der Waals surface area contributed by atoms with E-state index in [1.807, 2.05) is 27.2 Å². The minimum Gasteiger partial charge on any atom is -0.756 e. The van der Waals surface area contributed by atoms with Crippen molar-refractivity contribution in [3.8, 4) is 0 Å². The van der Waals surface area contributed by atoms with E-state index >= 15 is 0 Å². The van der Waals surface area contributed by atoms with Gasteiger partial charge in [-0.1, -0.05) is 192 Å². The van der Waals surface area contributed by atoms with E-state index < -0.39 is 26.6 Å². The molecule has 0 heterocycles. The smallest absolute Gasteiger partial charge is 0.268 e. The zero-order valence-electron chi connectivity index (χ0n) is 42.8. The van der Waals surface area contributed by atoms with Gasteiger partial charge in [0.2, 0.25) is 5.91 Å². The van der Waals surface area contributed by atoms with E-state index in [-0.39, 0.29) is 18.9 Å². The minimum atomic E-state index is -4.62. The van der Waals surface area contributed by atoms with Crippen LogP contribution in [0.15, 0.2) is 146 Å². The average Bonchev–Trinajstić information content (AvgIpc) is 3.29. The lowest BCUT2D eigenvalue weighted by Gasteiger charge is -2.29. The molecule has 378 valence electrons. The van der Waals surface area contributed by atoms with Crippen molar-refractivity contribution < 1.29 is 32.9 Å². The third-order valence-electron chi connectivity index (χ3n) is 10.3. The molecule has 8 nitrogen and oxygen atoms in total. The van der Waals surface area contributed by atoms with Crippen molar-refractivity contribution in [3.63, 3.8) is 0 Å². The second-order valence-electron chi connectivity index (χ2n) is 17.8. The number of allylic oxidation sites excluding steroid dienone is 23. The van der Waals surface area contributed by atoms with Crippen LogP contribution in [0.5, 0.6) is 0 Å². The monoisotopic (exact) mass is 947 g/mol. The Kier molecular flexibility index (Phi) is 44.9. The Balaban J connectivity index is 4.36. The number of rotatable bonds is 44. The third-order valence-corrected chi connectivity index (χ3v) is 11.2. The zero-order valence-corrected chi connectivity index (χ0v) is 43.7. The van der Waals surface area contributed by atoms with Gasteiger partial charge in [-0.25, -0.2) is 0 Å². The normalized spacial score (nSPS) is 15.3. The molecule has 2 N–H and O–H groups in total. The molecule has 0 aromatic rings. The summed E-state index contributed by atoms with van der Waals surface area (Å²) in [7, 11) is 1.19. The van der Waals surface area contributed by atoms with Crippen LogP contribution >= 0.6 is 7.82 Å². The highest BCUT2D eigenvalue weighted by atomic mass is 31.2. The summed E-state index contributed by atoms with van der Waals surface area (Å²) in [6.45, 7) is 4.42. The molecule has 0 rings (SSSR count). The minimum absolute atomic E-state index is 0.0239. The number of unbranched alkanes of at least 4 members (excludes halogenated alkanes) is 9. The van der Waals surface area contributed by atoms with Gasteiger partial charge < -0.3 is 28.8 Å². The highest BCUT2D eigenvalue weighted by Gasteiger charge is 2.23. The number of aliphatic hydroxyl groups is 1. The Morgan fingerprint density at radius 3 is 1.39 bits per heavy atom. The van der Waals surface area contributed by atoms with Crippen LogP contribution in [0.1, 0.15) is 162 Å². The second-order valence-corrected chi connectivity index (χ2v) is 19.2. The largest absolute Gasteiger partial charge is 0.756 e. The summed E-state index contributed by atoms with van der Waals surface area (Å²) in [4.78, 5) is 25.3. The van der Waals surface area contributed by atoms with E-state index in [2.05, 4.69) is 153 Å². The molecule has 0 aliphatic carbocycles. The maximum atomic E-state index is 12.9. The average molecular weight is 947 g/mol. The lowest BCUT2D eigenvalue weighted by Crippen LogP contribution is -2.45. The molecule has 0 radical (unpaired) electrons. The number of phosphoric ester groups is 1. The van der Waals surface area contributed by atoms with Gasteiger partial charge in [-0.15, -0.1) is 0 Å². The van der Waals surface area contributed by atoms with E-state index in [9.17, 15) is 19.4 Å². The predicted molar refractivity (Wildman–Crippen MR) is 288 cm³/mol. The number of carbonyl (C=O) groups is 1. The van der Waals surface area contributed by atoms with Crippen molar-refractivity contribution in [1.29, 1.82) is 0 Å². The topological polar surface area (TPSA) is 108 Å². The fourth-order valence-electron chi connectivity index (χ4n) is 6.25. The molecule has 0 spiro atoms. The molecule has 0 bridgehead atoms. The van der Waals surface area contributed by atoms with Crippen LogP contribution in [0, 0.1) is 0 Å². The molecule has 67 heavy (non-hydrogen) atoms. The van der Waals surface area contributed by atoms with Gasteiger partial charge in [-0.05, 0) is 109 Å². The van der Waals surface area contributed by atoms with Gasteiger partial charge in [-0.3, -0.25) is 9.36 Å². The van der Waals surface area contributed by atoms with Gasteiger partial charge >= 0.3 is 0 Å². The molecule has 0 fully saturated rings. The first-order valence-electron chi connectivity index (χ1n) is 25.7. The van der Waals surface area contributed by atoms with E-state index in [1.165, 1.54) is 38.5 Å².